The third-order valence-electron chi connectivity index (χ3n) is 3.26. The Morgan fingerprint density at radius 3 is 2.84 bits per heavy atom. The number of nitrogens with zero attached hydrogens (tertiary/aromatic N) is 3. The Kier molecular flexibility index (Phi) is 3.62. The molecule has 0 atom stereocenters. The minimum absolute atomic E-state index is 0.0517. The molecule has 0 spiro atoms. The monoisotopic (exact) mass is 262 g/mol. The van der Waals surface area contributed by atoms with Crippen LogP contribution in [0.25, 0.3) is 0 Å². The number of nitriles is 1. The van der Waals surface area contributed by atoms with Crippen molar-refractivity contribution in [2.45, 2.75) is 31.2 Å². The summed E-state index contributed by atoms with van der Waals surface area (Å²) in [6.45, 7) is 0.270. The van der Waals surface area contributed by atoms with Crippen molar-refractivity contribution in [2.24, 2.45) is 5.73 Å². The van der Waals surface area contributed by atoms with E-state index in [0.717, 1.165) is 37.9 Å². The molecule has 1 fully saturated rings. The number of nitrogens with two attached hydrogens (primary N) is 1. The van der Waals surface area contributed by atoms with Crippen LogP contribution in [0.15, 0.2) is 12.3 Å². The van der Waals surface area contributed by atoms with E-state index in [1.54, 1.807) is 0 Å². The van der Waals surface area contributed by atoms with Crippen LogP contribution in [0, 0.1) is 21.4 Å². The van der Waals surface area contributed by atoms with Gasteiger partial charge in [0.15, 0.2) is 0 Å². The van der Waals surface area contributed by atoms with E-state index in [0.29, 0.717) is 0 Å². The molecule has 1 aliphatic carbocycles. The first-order chi connectivity index (χ1) is 9.04. The molecule has 0 aliphatic heterocycles. The summed E-state index contributed by atoms with van der Waals surface area (Å²) in [5.41, 5.74) is 5.58. The van der Waals surface area contributed by atoms with Crippen molar-refractivity contribution in [1.82, 2.24) is 4.98 Å². The number of ether oxygens (including phenoxy) is 1. The second-order valence-corrected chi connectivity index (χ2v) is 4.77. The molecule has 7 nitrogen and oxygen atoms in total. The molecule has 0 aromatic carbocycles. The third-order valence-corrected chi connectivity index (χ3v) is 3.26. The molecule has 100 valence electrons. The topological polar surface area (TPSA) is 115 Å². The highest BCUT2D eigenvalue weighted by Crippen LogP contribution is 2.28. The zero-order chi connectivity index (χ0) is 13.9. The first kappa shape index (κ1) is 13.2. The first-order valence-electron chi connectivity index (χ1n) is 6.00. The lowest BCUT2D eigenvalue weighted by molar-refractivity contribution is -0.385. The molecule has 2 N–H and O–H groups in total. The number of rotatable bonds is 4. The lowest BCUT2D eigenvalue weighted by atomic mass is 10.0. The first-order valence-corrected chi connectivity index (χ1v) is 6.00. The minimum Gasteiger partial charge on any atom is -0.475 e. The summed E-state index contributed by atoms with van der Waals surface area (Å²) in [7, 11) is 0. The molecule has 0 saturated heterocycles. The van der Waals surface area contributed by atoms with Crippen LogP contribution < -0.4 is 10.5 Å². The Labute approximate surface area is 110 Å². The molecule has 1 aromatic heterocycles. The fraction of sp³-hybridized carbons (Fsp3) is 0.500. The molecule has 1 aliphatic rings. The van der Waals surface area contributed by atoms with Gasteiger partial charge in [0.2, 0.25) is 5.88 Å². The number of hydrogen-bond acceptors (Lipinski definition) is 6. The summed E-state index contributed by atoms with van der Waals surface area (Å²) in [6.07, 6.45) is 4.97. The molecule has 0 bridgehead atoms. The SMILES string of the molecule is N#Cc1cc([N+](=O)[O-])cnc1OCC1(N)CCCC1. The van der Waals surface area contributed by atoms with Gasteiger partial charge in [0, 0.05) is 6.07 Å². The van der Waals surface area contributed by atoms with Crippen LogP contribution >= 0.6 is 0 Å². The quantitative estimate of drug-likeness (QED) is 0.649. The average Bonchev–Trinajstić information content (AvgIpc) is 2.83. The normalized spacial score (nSPS) is 16.8. The largest absolute Gasteiger partial charge is 0.475 e. The second kappa shape index (κ2) is 5.20. The molecule has 0 amide bonds. The van der Waals surface area contributed by atoms with Crippen LogP contribution in [0.1, 0.15) is 31.2 Å². The number of aromatic nitrogens is 1. The van der Waals surface area contributed by atoms with E-state index in [9.17, 15) is 10.1 Å². The van der Waals surface area contributed by atoms with Crippen molar-refractivity contribution in [3.05, 3.63) is 27.9 Å². The van der Waals surface area contributed by atoms with Crippen LogP contribution in [0.3, 0.4) is 0 Å². The number of hydrogen-bond donors (Lipinski definition) is 1. The second-order valence-electron chi connectivity index (χ2n) is 4.77. The Morgan fingerprint density at radius 2 is 2.26 bits per heavy atom. The van der Waals surface area contributed by atoms with Crippen LogP contribution in [-0.4, -0.2) is 22.1 Å². The summed E-state index contributed by atoms with van der Waals surface area (Å²) in [6, 6.07) is 3.00. The molecule has 0 unspecified atom stereocenters. The predicted molar refractivity (Wildman–Crippen MR) is 66.5 cm³/mol. The van der Waals surface area contributed by atoms with Gasteiger partial charge >= 0.3 is 0 Å². The highest BCUT2D eigenvalue weighted by atomic mass is 16.6. The van der Waals surface area contributed by atoms with E-state index in [1.807, 2.05) is 6.07 Å². The molecular formula is C12H14N4O3. The van der Waals surface area contributed by atoms with Gasteiger partial charge in [-0.3, -0.25) is 10.1 Å². The fourth-order valence-corrected chi connectivity index (χ4v) is 2.17. The maximum absolute atomic E-state index is 10.6. The van der Waals surface area contributed by atoms with E-state index < -0.39 is 4.92 Å². The Hall–Kier alpha value is -2.20. The van der Waals surface area contributed by atoms with Crippen LogP contribution in [-0.2, 0) is 0 Å². The maximum atomic E-state index is 10.6. The van der Waals surface area contributed by atoms with Crippen LogP contribution in [0.4, 0.5) is 5.69 Å². The van der Waals surface area contributed by atoms with E-state index >= 15 is 0 Å². The molecule has 1 aromatic rings. The van der Waals surface area contributed by atoms with Crippen molar-refractivity contribution in [3.63, 3.8) is 0 Å². The van der Waals surface area contributed by atoms with Gasteiger partial charge in [-0.15, -0.1) is 0 Å². The third kappa shape index (κ3) is 2.98. The maximum Gasteiger partial charge on any atom is 0.289 e. The van der Waals surface area contributed by atoms with Crippen molar-refractivity contribution in [1.29, 1.82) is 5.26 Å². The molecule has 0 radical (unpaired) electrons. The smallest absolute Gasteiger partial charge is 0.289 e. The van der Waals surface area contributed by atoms with E-state index in [-0.39, 0.29) is 29.3 Å². The number of nitro groups is 1. The standard InChI is InChI=1S/C12H14N4O3/c13-6-9-5-10(16(17)18)7-15-11(9)19-8-12(14)3-1-2-4-12/h5,7H,1-4,8,14H2. The molecule has 1 saturated carbocycles. The van der Waals surface area contributed by atoms with Crippen molar-refractivity contribution >= 4 is 5.69 Å². The molecular weight excluding hydrogens is 248 g/mol. The summed E-state index contributed by atoms with van der Waals surface area (Å²) in [5.74, 6) is 0.102. The van der Waals surface area contributed by atoms with Gasteiger partial charge in [-0.25, -0.2) is 4.98 Å². The van der Waals surface area contributed by atoms with E-state index in [2.05, 4.69) is 4.98 Å². The van der Waals surface area contributed by atoms with Gasteiger partial charge in [0.1, 0.15) is 24.4 Å². The summed E-state index contributed by atoms with van der Waals surface area (Å²) in [5, 5.41) is 19.6. The number of pyridine rings is 1. The lowest BCUT2D eigenvalue weighted by Gasteiger charge is -2.23. The summed E-state index contributed by atoms with van der Waals surface area (Å²) >= 11 is 0. The van der Waals surface area contributed by atoms with Gasteiger partial charge in [-0.05, 0) is 12.8 Å². The summed E-state index contributed by atoms with van der Waals surface area (Å²) < 4.78 is 5.47. The average molecular weight is 262 g/mol. The van der Waals surface area contributed by atoms with E-state index in [4.69, 9.17) is 15.7 Å². The van der Waals surface area contributed by atoms with Gasteiger partial charge in [-0.1, -0.05) is 12.8 Å². The minimum atomic E-state index is -0.598. The summed E-state index contributed by atoms with van der Waals surface area (Å²) in [4.78, 5) is 13.8. The van der Waals surface area contributed by atoms with Gasteiger partial charge in [-0.2, -0.15) is 5.26 Å². The van der Waals surface area contributed by atoms with Crippen LogP contribution in [0.2, 0.25) is 0 Å². The molecule has 7 heteroatoms. The molecule has 19 heavy (non-hydrogen) atoms. The predicted octanol–water partition coefficient (Wildman–Crippen LogP) is 1.51. The van der Waals surface area contributed by atoms with Crippen LogP contribution in [0.5, 0.6) is 5.88 Å². The highest BCUT2D eigenvalue weighted by Gasteiger charge is 2.30. The molecule has 2 rings (SSSR count). The Balaban J connectivity index is 2.12. The van der Waals surface area contributed by atoms with Gasteiger partial charge in [0.05, 0.1) is 10.5 Å². The molecule has 1 heterocycles. The zero-order valence-electron chi connectivity index (χ0n) is 10.3. The Morgan fingerprint density at radius 1 is 1.58 bits per heavy atom. The lowest BCUT2D eigenvalue weighted by Crippen LogP contribution is -2.42. The zero-order valence-corrected chi connectivity index (χ0v) is 10.3. The highest BCUT2D eigenvalue weighted by molar-refractivity contribution is 5.45. The fourth-order valence-electron chi connectivity index (χ4n) is 2.17. The van der Waals surface area contributed by atoms with Crippen molar-refractivity contribution in [2.75, 3.05) is 6.61 Å². The Bertz CT molecular complexity index is 532. The van der Waals surface area contributed by atoms with Gasteiger partial charge in [0.25, 0.3) is 5.69 Å². The van der Waals surface area contributed by atoms with E-state index in [1.165, 1.54) is 0 Å². The van der Waals surface area contributed by atoms with Crippen molar-refractivity contribution < 1.29 is 9.66 Å². The van der Waals surface area contributed by atoms with Crippen molar-refractivity contribution in [3.8, 4) is 11.9 Å². The van der Waals surface area contributed by atoms with Gasteiger partial charge < -0.3 is 10.5 Å².